The van der Waals surface area contributed by atoms with Gasteiger partial charge in [-0.2, -0.15) is 0 Å². The number of rotatable bonds is 12. The number of methoxy groups -OCH3 is 1. The van der Waals surface area contributed by atoms with Crippen LogP contribution in [-0.4, -0.2) is 76.8 Å². The molecule has 6 nitrogen and oxygen atoms in total. The molecule has 6 heteroatoms. The molecule has 0 heterocycles. The van der Waals surface area contributed by atoms with Gasteiger partial charge in [-0.25, -0.2) is 4.99 Å². The van der Waals surface area contributed by atoms with Gasteiger partial charge in [0.2, 0.25) is 0 Å². The summed E-state index contributed by atoms with van der Waals surface area (Å²) in [4.78, 5) is 9.25. The lowest BCUT2D eigenvalue weighted by atomic mass is 10.1. The average molecular weight is 364 g/mol. The lowest BCUT2D eigenvalue weighted by Gasteiger charge is -2.18. The summed E-state index contributed by atoms with van der Waals surface area (Å²) in [5.74, 6) is 0.873. The SMILES string of the molecule is CCNC(=NCc1ccccc1CN(C)C)NCCN(C)CCCOC. The first-order valence-corrected chi connectivity index (χ1v) is 9.48. The number of hydrogen-bond acceptors (Lipinski definition) is 4. The van der Waals surface area contributed by atoms with Gasteiger partial charge in [-0.3, -0.25) is 0 Å². The van der Waals surface area contributed by atoms with Crippen molar-refractivity contribution in [3.05, 3.63) is 35.4 Å². The van der Waals surface area contributed by atoms with E-state index in [1.54, 1.807) is 7.11 Å². The molecule has 1 rings (SSSR count). The maximum absolute atomic E-state index is 5.10. The lowest BCUT2D eigenvalue weighted by molar-refractivity contribution is 0.180. The molecule has 0 amide bonds. The highest BCUT2D eigenvalue weighted by Gasteiger charge is 2.04. The second-order valence-corrected chi connectivity index (χ2v) is 6.78. The summed E-state index contributed by atoms with van der Waals surface area (Å²) in [6, 6.07) is 8.52. The molecule has 0 aromatic heterocycles. The third-order valence-electron chi connectivity index (χ3n) is 4.03. The van der Waals surface area contributed by atoms with E-state index in [-0.39, 0.29) is 0 Å². The Bertz CT molecular complexity index is 519. The van der Waals surface area contributed by atoms with Crippen molar-refractivity contribution in [2.24, 2.45) is 4.99 Å². The normalized spacial score (nSPS) is 12.0. The van der Waals surface area contributed by atoms with Gasteiger partial charge >= 0.3 is 0 Å². The van der Waals surface area contributed by atoms with Crippen LogP contribution in [0.4, 0.5) is 0 Å². The van der Waals surface area contributed by atoms with Gasteiger partial charge in [-0.1, -0.05) is 24.3 Å². The van der Waals surface area contributed by atoms with E-state index in [2.05, 4.69) is 72.8 Å². The van der Waals surface area contributed by atoms with E-state index >= 15 is 0 Å². The van der Waals surface area contributed by atoms with E-state index in [0.29, 0.717) is 6.54 Å². The molecule has 1 aromatic rings. The van der Waals surface area contributed by atoms with E-state index in [9.17, 15) is 0 Å². The molecule has 26 heavy (non-hydrogen) atoms. The van der Waals surface area contributed by atoms with Crippen LogP contribution in [0.15, 0.2) is 29.3 Å². The minimum atomic E-state index is 0.684. The first-order valence-electron chi connectivity index (χ1n) is 9.48. The number of aliphatic imine (C=N–C) groups is 1. The van der Waals surface area contributed by atoms with Crippen LogP contribution >= 0.6 is 0 Å². The van der Waals surface area contributed by atoms with E-state index in [1.807, 2.05) is 0 Å². The molecule has 1 aromatic carbocycles. The van der Waals surface area contributed by atoms with Crippen molar-refractivity contribution in [2.45, 2.75) is 26.4 Å². The van der Waals surface area contributed by atoms with Crippen LogP contribution in [0.1, 0.15) is 24.5 Å². The summed E-state index contributed by atoms with van der Waals surface area (Å²) >= 11 is 0. The van der Waals surface area contributed by atoms with Gasteiger partial charge in [0, 0.05) is 46.4 Å². The van der Waals surface area contributed by atoms with Crippen LogP contribution in [0, 0.1) is 0 Å². The summed E-state index contributed by atoms with van der Waals surface area (Å²) in [6.45, 7) is 8.27. The van der Waals surface area contributed by atoms with Gasteiger partial charge in [0.15, 0.2) is 5.96 Å². The fourth-order valence-corrected chi connectivity index (χ4v) is 2.67. The molecule has 0 saturated carbocycles. The van der Waals surface area contributed by atoms with Gasteiger partial charge < -0.3 is 25.2 Å². The van der Waals surface area contributed by atoms with Gasteiger partial charge in [-0.15, -0.1) is 0 Å². The quantitative estimate of drug-likeness (QED) is 0.337. The summed E-state index contributed by atoms with van der Waals surface area (Å²) in [5, 5.41) is 6.76. The van der Waals surface area contributed by atoms with Gasteiger partial charge in [0.05, 0.1) is 6.54 Å². The zero-order valence-corrected chi connectivity index (χ0v) is 17.2. The van der Waals surface area contributed by atoms with Crippen molar-refractivity contribution in [1.82, 2.24) is 20.4 Å². The summed E-state index contributed by atoms with van der Waals surface area (Å²) in [6.07, 6.45) is 1.06. The maximum atomic E-state index is 5.10. The van der Waals surface area contributed by atoms with E-state index < -0.39 is 0 Å². The van der Waals surface area contributed by atoms with Crippen LogP contribution in [0.3, 0.4) is 0 Å². The first-order chi connectivity index (χ1) is 12.6. The van der Waals surface area contributed by atoms with Crippen LogP contribution < -0.4 is 10.6 Å². The molecule has 0 aliphatic carbocycles. The van der Waals surface area contributed by atoms with Crippen molar-refractivity contribution in [1.29, 1.82) is 0 Å². The van der Waals surface area contributed by atoms with Crippen molar-refractivity contribution < 1.29 is 4.74 Å². The van der Waals surface area contributed by atoms with E-state index in [0.717, 1.165) is 51.7 Å². The Labute approximate surface area is 159 Å². The fourth-order valence-electron chi connectivity index (χ4n) is 2.67. The second-order valence-electron chi connectivity index (χ2n) is 6.78. The fraction of sp³-hybridized carbons (Fsp3) is 0.650. The molecule has 0 aliphatic rings. The molecular formula is C20H37N5O. The van der Waals surface area contributed by atoms with Gasteiger partial charge in [-0.05, 0) is 45.6 Å². The second kappa shape index (κ2) is 13.6. The van der Waals surface area contributed by atoms with Crippen LogP contribution in [0.5, 0.6) is 0 Å². The molecule has 2 N–H and O–H groups in total. The maximum Gasteiger partial charge on any atom is 0.191 e. The largest absolute Gasteiger partial charge is 0.385 e. The zero-order chi connectivity index (χ0) is 19.2. The number of likely N-dealkylation sites (N-methyl/N-ethyl adjacent to an activating group) is 1. The highest BCUT2D eigenvalue weighted by Crippen LogP contribution is 2.11. The monoisotopic (exact) mass is 363 g/mol. The standard InChI is InChI=1S/C20H37N5O/c1-6-21-20(22-12-14-25(4)13-9-15-26-5)23-16-18-10-7-8-11-19(18)17-24(2)3/h7-8,10-11H,6,9,12-17H2,1-5H3,(H2,21,22,23). The average Bonchev–Trinajstić information content (AvgIpc) is 2.60. The molecule has 0 unspecified atom stereocenters. The molecule has 0 bridgehead atoms. The number of hydrogen-bond donors (Lipinski definition) is 2. The topological polar surface area (TPSA) is 52.1 Å². The van der Waals surface area contributed by atoms with E-state index in [1.165, 1.54) is 11.1 Å². The minimum absolute atomic E-state index is 0.684. The molecule has 0 saturated heterocycles. The number of nitrogens with one attached hydrogen (secondary N) is 2. The number of ether oxygens (including phenoxy) is 1. The summed E-state index contributed by atoms with van der Waals surface area (Å²) in [7, 11) is 8.07. The summed E-state index contributed by atoms with van der Waals surface area (Å²) in [5.41, 5.74) is 2.60. The Hall–Kier alpha value is -1.63. The zero-order valence-electron chi connectivity index (χ0n) is 17.2. The molecule has 0 spiro atoms. The third kappa shape index (κ3) is 9.75. The predicted molar refractivity (Wildman–Crippen MR) is 111 cm³/mol. The molecule has 0 radical (unpaired) electrons. The Morgan fingerprint density at radius 2 is 1.81 bits per heavy atom. The van der Waals surface area contributed by atoms with Crippen LogP contribution in [-0.2, 0) is 17.8 Å². The lowest BCUT2D eigenvalue weighted by Crippen LogP contribution is -2.41. The molecule has 0 aliphatic heterocycles. The van der Waals surface area contributed by atoms with Crippen molar-refractivity contribution in [3.8, 4) is 0 Å². The Morgan fingerprint density at radius 3 is 2.46 bits per heavy atom. The first kappa shape index (κ1) is 22.4. The molecule has 0 fully saturated rings. The summed E-state index contributed by atoms with van der Waals surface area (Å²) < 4.78 is 5.10. The molecular weight excluding hydrogens is 326 g/mol. The molecule has 148 valence electrons. The van der Waals surface area contributed by atoms with Crippen molar-refractivity contribution in [3.63, 3.8) is 0 Å². The third-order valence-corrected chi connectivity index (χ3v) is 4.03. The highest BCUT2D eigenvalue weighted by atomic mass is 16.5. The Balaban J connectivity index is 2.53. The van der Waals surface area contributed by atoms with Crippen molar-refractivity contribution in [2.75, 3.05) is 61.0 Å². The molecule has 0 atom stereocenters. The highest BCUT2D eigenvalue weighted by molar-refractivity contribution is 5.79. The smallest absolute Gasteiger partial charge is 0.191 e. The van der Waals surface area contributed by atoms with Crippen molar-refractivity contribution >= 4 is 5.96 Å². The van der Waals surface area contributed by atoms with Crippen LogP contribution in [0.2, 0.25) is 0 Å². The minimum Gasteiger partial charge on any atom is -0.385 e. The number of benzene rings is 1. The van der Waals surface area contributed by atoms with Gasteiger partial charge in [0.25, 0.3) is 0 Å². The predicted octanol–water partition coefficient (Wildman–Crippen LogP) is 1.77. The Morgan fingerprint density at radius 1 is 1.08 bits per heavy atom. The van der Waals surface area contributed by atoms with Crippen LogP contribution in [0.25, 0.3) is 0 Å². The van der Waals surface area contributed by atoms with Gasteiger partial charge in [0.1, 0.15) is 0 Å². The Kier molecular flexibility index (Phi) is 11.7. The van der Waals surface area contributed by atoms with E-state index in [4.69, 9.17) is 9.73 Å². The number of guanidine groups is 1. The number of nitrogens with zero attached hydrogens (tertiary/aromatic N) is 3.